The maximum Gasteiger partial charge on any atom is 0.235 e. The van der Waals surface area contributed by atoms with Crippen LogP contribution in [0.25, 0.3) is 0 Å². The normalized spacial score (nSPS) is 16.0. The molecule has 5 nitrogen and oxygen atoms in total. The number of halogens is 2. The first kappa shape index (κ1) is 18.5. The predicted molar refractivity (Wildman–Crippen MR) is 97.7 cm³/mol. The second kappa shape index (κ2) is 7.83. The van der Waals surface area contributed by atoms with Gasteiger partial charge in [-0.2, -0.15) is 0 Å². The number of carbonyl (C=O) groups excluding carboxylic acids is 1. The molecule has 0 atom stereocenters. The molecule has 1 fully saturated rings. The second-order valence-electron chi connectivity index (χ2n) is 5.60. The predicted octanol–water partition coefficient (Wildman–Crippen LogP) is 3.43. The van der Waals surface area contributed by atoms with Crippen molar-refractivity contribution in [2.24, 2.45) is 0 Å². The lowest BCUT2D eigenvalue weighted by atomic mass is 9.73. The molecule has 24 heavy (non-hydrogen) atoms. The molecule has 0 spiro atoms. The molecule has 7 heteroatoms. The molecule has 0 radical (unpaired) electrons. The molecular formula is C17H19Cl2N3O2. The average Bonchev–Trinajstić information content (AvgIpc) is 2.58. The zero-order valence-corrected chi connectivity index (χ0v) is 14.6. The van der Waals surface area contributed by atoms with E-state index < -0.39 is 5.41 Å². The lowest BCUT2D eigenvalue weighted by Crippen LogP contribution is -2.45. The third-order valence-electron chi connectivity index (χ3n) is 4.21. The summed E-state index contributed by atoms with van der Waals surface area (Å²) in [6.45, 7) is 1.05. The van der Waals surface area contributed by atoms with Gasteiger partial charge in [-0.3, -0.25) is 4.79 Å². The number of nitrogen functional groups attached to an aromatic ring is 1. The van der Waals surface area contributed by atoms with Crippen LogP contribution in [0, 0.1) is 0 Å². The van der Waals surface area contributed by atoms with Crippen LogP contribution in [0.2, 0.25) is 5.02 Å². The highest BCUT2D eigenvalue weighted by Crippen LogP contribution is 2.39. The smallest absolute Gasteiger partial charge is 0.235 e. The Morgan fingerprint density at radius 1 is 1.21 bits per heavy atom. The van der Waals surface area contributed by atoms with Crippen LogP contribution < -0.4 is 11.1 Å². The minimum absolute atomic E-state index is 0. The number of pyridine rings is 1. The number of nitrogens with one attached hydrogen (secondary N) is 1. The Morgan fingerprint density at radius 3 is 2.54 bits per heavy atom. The number of rotatable bonds is 3. The number of amides is 1. The van der Waals surface area contributed by atoms with Crippen LogP contribution in [0.4, 0.5) is 11.5 Å². The number of anilines is 2. The molecule has 1 aromatic heterocycles. The van der Waals surface area contributed by atoms with Crippen LogP contribution in [0.1, 0.15) is 18.4 Å². The van der Waals surface area contributed by atoms with Gasteiger partial charge in [0, 0.05) is 18.2 Å². The van der Waals surface area contributed by atoms with E-state index >= 15 is 0 Å². The number of ether oxygens (including phenoxy) is 1. The Bertz CT molecular complexity index is 701. The highest BCUT2D eigenvalue weighted by atomic mass is 35.5. The summed E-state index contributed by atoms with van der Waals surface area (Å²) in [5.74, 6) is 0.315. The Labute approximate surface area is 152 Å². The van der Waals surface area contributed by atoms with Crippen LogP contribution in [0.15, 0.2) is 42.6 Å². The Morgan fingerprint density at radius 2 is 1.92 bits per heavy atom. The van der Waals surface area contributed by atoms with Crippen molar-refractivity contribution in [2.45, 2.75) is 18.3 Å². The molecule has 1 aromatic carbocycles. The number of aromatic nitrogens is 1. The van der Waals surface area contributed by atoms with E-state index in [0.29, 0.717) is 42.6 Å². The van der Waals surface area contributed by atoms with Gasteiger partial charge in [-0.15, -0.1) is 12.4 Å². The number of hydrogen-bond acceptors (Lipinski definition) is 4. The summed E-state index contributed by atoms with van der Waals surface area (Å²) in [5.41, 5.74) is 6.33. The Kier molecular flexibility index (Phi) is 6.04. The van der Waals surface area contributed by atoms with Gasteiger partial charge in [-0.05, 0) is 36.6 Å². The van der Waals surface area contributed by atoms with E-state index in [9.17, 15) is 4.79 Å². The average molecular weight is 368 g/mol. The van der Waals surface area contributed by atoms with Crippen molar-refractivity contribution in [3.05, 3.63) is 53.2 Å². The fraction of sp³-hybridized carbons (Fsp3) is 0.294. The van der Waals surface area contributed by atoms with E-state index in [0.717, 1.165) is 5.56 Å². The first-order chi connectivity index (χ1) is 11.1. The third-order valence-corrected chi connectivity index (χ3v) is 4.54. The van der Waals surface area contributed by atoms with Gasteiger partial charge in [-0.25, -0.2) is 4.98 Å². The SMILES string of the molecule is Cl.Nc1ccc(NC(=O)C2(c3ccccc3Cl)CCOCC2)cn1. The van der Waals surface area contributed by atoms with Gasteiger partial charge in [-0.1, -0.05) is 29.8 Å². The summed E-state index contributed by atoms with van der Waals surface area (Å²) in [7, 11) is 0. The molecule has 3 N–H and O–H groups in total. The van der Waals surface area contributed by atoms with Gasteiger partial charge < -0.3 is 15.8 Å². The highest BCUT2D eigenvalue weighted by Gasteiger charge is 2.43. The summed E-state index contributed by atoms with van der Waals surface area (Å²) < 4.78 is 5.45. The van der Waals surface area contributed by atoms with Crippen LogP contribution >= 0.6 is 24.0 Å². The molecule has 0 saturated carbocycles. The standard InChI is InChI=1S/C17H18ClN3O2.ClH/c18-14-4-2-1-3-13(14)17(7-9-23-10-8-17)16(22)21-12-5-6-15(19)20-11-12;/h1-6,11H,7-10H2,(H2,19,20)(H,21,22);1H. The minimum Gasteiger partial charge on any atom is -0.384 e. The number of benzene rings is 1. The van der Waals surface area contributed by atoms with Gasteiger partial charge in [0.25, 0.3) is 0 Å². The first-order valence-electron chi connectivity index (χ1n) is 7.47. The van der Waals surface area contributed by atoms with Crippen molar-refractivity contribution in [3.8, 4) is 0 Å². The Hall–Kier alpha value is -1.82. The monoisotopic (exact) mass is 367 g/mol. The van der Waals surface area contributed by atoms with Gasteiger partial charge in [0.1, 0.15) is 5.82 Å². The fourth-order valence-corrected chi connectivity index (χ4v) is 3.23. The van der Waals surface area contributed by atoms with Crippen molar-refractivity contribution >= 4 is 41.4 Å². The van der Waals surface area contributed by atoms with E-state index in [1.54, 1.807) is 18.3 Å². The molecule has 1 aliphatic heterocycles. The zero-order chi connectivity index (χ0) is 16.3. The minimum atomic E-state index is -0.696. The second-order valence-corrected chi connectivity index (χ2v) is 6.01. The molecule has 0 bridgehead atoms. The summed E-state index contributed by atoms with van der Waals surface area (Å²) in [6.07, 6.45) is 2.72. The number of nitrogens with zero attached hydrogens (tertiary/aromatic N) is 1. The highest BCUT2D eigenvalue weighted by molar-refractivity contribution is 6.31. The van der Waals surface area contributed by atoms with Crippen LogP contribution in [-0.4, -0.2) is 24.1 Å². The summed E-state index contributed by atoms with van der Waals surface area (Å²) >= 11 is 6.37. The van der Waals surface area contributed by atoms with Gasteiger partial charge in [0.2, 0.25) is 5.91 Å². The first-order valence-corrected chi connectivity index (χ1v) is 7.85. The largest absolute Gasteiger partial charge is 0.384 e. The summed E-state index contributed by atoms with van der Waals surface area (Å²) in [4.78, 5) is 17.0. The molecule has 3 rings (SSSR count). The summed E-state index contributed by atoms with van der Waals surface area (Å²) in [6, 6.07) is 10.9. The maximum atomic E-state index is 13.0. The topological polar surface area (TPSA) is 77.2 Å². The van der Waals surface area contributed by atoms with Crippen LogP contribution in [0.5, 0.6) is 0 Å². The van der Waals surface area contributed by atoms with Gasteiger partial charge in [0.15, 0.2) is 0 Å². The Balaban J connectivity index is 0.00000208. The molecule has 2 heterocycles. The van der Waals surface area contributed by atoms with E-state index in [1.807, 2.05) is 24.3 Å². The molecule has 0 aliphatic carbocycles. The number of nitrogens with two attached hydrogens (primary N) is 1. The number of hydrogen-bond donors (Lipinski definition) is 2. The molecule has 128 valence electrons. The lowest BCUT2D eigenvalue weighted by molar-refractivity contribution is -0.125. The van der Waals surface area contributed by atoms with E-state index in [2.05, 4.69) is 10.3 Å². The van der Waals surface area contributed by atoms with Gasteiger partial charge >= 0.3 is 0 Å². The molecule has 1 aliphatic rings. The molecular weight excluding hydrogens is 349 g/mol. The number of carbonyl (C=O) groups is 1. The summed E-state index contributed by atoms with van der Waals surface area (Å²) in [5, 5.41) is 3.53. The lowest BCUT2D eigenvalue weighted by Gasteiger charge is -2.36. The molecule has 0 unspecified atom stereocenters. The zero-order valence-electron chi connectivity index (χ0n) is 13.0. The van der Waals surface area contributed by atoms with Crippen molar-refractivity contribution in [1.29, 1.82) is 0 Å². The molecule has 1 saturated heterocycles. The van der Waals surface area contributed by atoms with Crippen LogP contribution in [-0.2, 0) is 14.9 Å². The van der Waals surface area contributed by atoms with Crippen molar-refractivity contribution in [2.75, 3.05) is 24.3 Å². The maximum absolute atomic E-state index is 13.0. The quantitative estimate of drug-likeness (QED) is 0.870. The van der Waals surface area contributed by atoms with Crippen molar-refractivity contribution in [3.63, 3.8) is 0 Å². The molecule has 2 aromatic rings. The van der Waals surface area contributed by atoms with E-state index in [-0.39, 0.29) is 18.3 Å². The van der Waals surface area contributed by atoms with E-state index in [4.69, 9.17) is 22.1 Å². The fourth-order valence-electron chi connectivity index (χ4n) is 2.92. The van der Waals surface area contributed by atoms with Crippen molar-refractivity contribution < 1.29 is 9.53 Å². The van der Waals surface area contributed by atoms with Crippen LogP contribution in [0.3, 0.4) is 0 Å². The van der Waals surface area contributed by atoms with Crippen molar-refractivity contribution in [1.82, 2.24) is 4.98 Å². The molecule has 1 amide bonds. The van der Waals surface area contributed by atoms with Gasteiger partial charge in [0.05, 0.1) is 17.3 Å². The third kappa shape index (κ3) is 3.64. The van der Waals surface area contributed by atoms with E-state index in [1.165, 1.54) is 0 Å².